The van der Waals surface area contributed by atoms with Crippen LogP contribution < -0.4 is 16.0 Å². The second kappa shape index (κ2) is 13.5. The van der Waals surface area contributed by atoms with Crippen LogP contribution in [0.4, 0.5) is 17.1 Å². The Kier molecular flexibility index (Phi) is 11.8. The summed E-state index contributed by atoms with van der Waals surface area (Å²) in [6, 6.07) is 8.12. The normalized spacial score (nSPS) is 11.3. The van der Waals surface area contributed by atoms with Crippen molar-refractivity contribution in [2.45, 2.75) is 70.1 Å². The van der Waals surface area contributed by atoms with E-state index in [1.807, 2.05) is 0 Å². The second-order valence-electron chi connectivity index (χ2n) is 8.41. The number of benzene rings is 1. The zero-order valence-electron chi connectivity index (χ0n) is 18.6. The molecular weight excluding hydrogens is 414 g/mol. The van der Waals surface area contributed by atoms with Gasteiger partial charge in [-0.25, -0.2) is 0 Å². The fourth-order valence-corrected chi connectivity index (χ4v) is 5.05. The molecule has 0 saturated heterocycles. The van der Waals surface area contributed by atoms with E-state index >= 15 is 0 Å². The van der Waals surface area contributed by atoms with Crippen molar-refractivity contribution in [3.05, 3.63) is 18.2 Å². The van der Waals surface area contributed by atoms with Gasteiger partial charge in [0, 0.05) is 63.4 Å². The lowest BCUT2D eigenvalue weighted by molar-refractivity contribution is -0.116. The van der Waals surface area contributed by atoms with E-state index in [0.717, 1.165) is 18.1 Å². The first-order valence-corrected chi connectivity index (χ1v) is 19.4. The fourth-order valence-electron chi connectivity index (χ4n) is 2.69. The molecule has 0 spiro atoms. The van der Waals surface area contributed by atoms with Gasteiger partial charge in [0.1, 0.15) is 0 Å². The lowest BCUT2D eigenvalue weighted by Crippen LogP contribution is -2.17. The topological polar surface area (TPSA) is 87.3 Å². The number of carbonyl (C=O) groups is 3. The number of carbonyl (C=O) groups excluding carboxylic acids is 3. The maximum Gasteiger partial charge on any atom is 0.224 e. The van der Waals surface area contributed by atoms with Crippen LogP contribution in [0, 0.1) is 0 Å². The minimum absolute atomic E-state index is 0.0308. The molecule has 162 valence electrons. The van der Waals surface area contributed by atoms with E-state index in [2.05, 4.69) is 48.7 Å². The Morgan fingerprint density at radius 1 is 0.724 bits per heavy atom. The van der Waals surface area contributed by atoms with Crippen molar-refractivity contribution in [1.82, 2.24) is 0 Å². The lowest BCUT2D eigenvalue weighted by Gasteiger charge is -2.13. The smallest absolute Gasteiger partial charge is 0.224 e. The van der Waals surface area contributed by atoms with Gasteiger partial charge >= 0.3 is 0 Å². The molecule has 1 aromatic carbocycles. The predicted molar refractivity (Wildman–Crippen MR) is 133 cm³/mol. The molecule has 0 atom stereocenters. The van der Waals surface area contributed by atoms with E-state index in [0.29, 0.717) is 36.3 Å². The highest BCUT2D eigenvalue weighted by Crippen LogP contribution is 2.24. The summed E-state index contributed by atoms with van der Waals surface area (Å²) >= 11 is 0. The van der Waals surface area contributed by atoms with Gasteiger partial charge in [0.25, 0.3) is 0 Å². The van der Waals surface area contributed by atoms with Crippen LogP contribution in [0.1, 0.15) is 19.3 Å². The quantitative estimate of drug-likeness (QED) is 0.426. The van der Waals surface area contributed by atoms with E-state index in [9.17, 15) is 14.4 Å². The molecule has 0 radical (unpaired) electrons. The maximum absolute atomic E-state index is 12.2. The average molecular weight is 452 g/mol. The van der Waals surface area contributed by atoms with Gasteiger partial charge in [-0.15, -0.1) is 0 Å². The van der Waals surface area contributed by atoms with Gasteiger partial charge in [0.15, 0.2) is 0 Å². The SMILES string of the molecule is C[SiH2]CCC(=O)Nc1cc(NC(=O)CC[SiH](C)C)cc(NC(=O)CC[SiH](C)C)c1. The Hall–Kier alpha value is -1.72. The summed E-state index contributed by atoms with van der Waals surface area (Å²) < 4.78 is 0. The Labute approximate surface area is 180 Å². The number of rotatable bonds is 12. The molecule has 0 bridgehead atoms. The van der Waals surface area contributed by atoms with Gasteiger partial charge in [-0.05, 0) is 18.2 Å². The molecule has 0 unspecified atom stereocenters. The van der Waals surface area contributed by atoms with Gasteiger partial charge in [-0.3, -0.25) is 14.4 Å². The molecule has 0 aliphatic carbocycles. The van der Waals surface area contributed by atoms with Gasteiger partial charge in [0.2, 0.25) is 17.7 Å². The summed E-state index contributed by atoms with van der Waals surface area (Å²) in [5.74, 6) is -0.0961. The monoisotopic (exact) mass is 451 g/mol. The summed E-state index contributed by atoms with van der Waals surface area (Å²) in [6.45, 7) is 11.1. The summed E-state index contributed by atoms with van der Waals surface area (Å²) in [7, 11) is -1.74. The summed E-state index contributed by atoms with van der Waals surface area (Å²) in [5, 5.41) is 8.72. The first kappa shape index (κ1) is 25.3. The molecule has 29 heavy (non-hydrogen) atoms. The van der Waals surface area contributed by atoms with E-state index in [-0.39, 0.29) is 27.2 Å². The molecule has 9 heteroatoms. The summed E-state index contributed by atoms with van der Waals surface area (Å²) in [5.41, 5.74) is 1.78. The van der Waals surface area contributed by atoms with E-state index in [1.54, 1.807) is 18.2 Å². The number of anilines is 3. The molecule has 3 amide bonds. The Morgan fingerprint density at radius 2 is 1.07 bits per heavy atom. The van der Waals surface area contributed by atoms with Crippen molar-refractivity contribution in [2.24, 2.45) is 0 Å². The number of amides is 3. The number of hydrogen-bond donors (Lipinski definition) is 3. The van der Waals surface area contributed by atoms with Crippen molar-refractivity contribution in [3.63, 3.8) is 0 Å². The van der Waals surface area contributed by atoms with E-state index in [4.69, 9.17) is 0 Å². The highest BCUT2D eigenvalue weighted by molar-refractivity contribution is 6.56. The molecule has 0 heterocycles. The largest absolute Gasteiger partial charge is 0.326 e. The van der Waals surface area contributed by atoms with Crippen molar-refractivity contribution < 1.29 is 14.4 Å². The summed E-state index contributed by atoms with van der Waals surface area (Å²) in [6.07, 6.45) is 1.52. The van der Waals surface area contributed by atoms with Gasteiger partial charge in [-0.2, -0.15) is 0 Å². The molecule has 0 aliphatic rings. The van der Waals surface area contributed by atoms with Crippen LogP contribution in [0.25, 0.3) is 0 Å². The third-order valence-corrected chi connectivity index (χ3v) is 8.39. The highest BCUT2D eigenvalue weighted by atomic mass is 28.3. The van der Waals surface area contributed by atoms with E-state index < -0.39 is 17.6 Å². The van der Waals surface area contributed by atoms with Crippen LogP contribution >= 0.6 is 0 Å². The van der Waals surface area contributed by atoms with Crippen LogP contribution in [-0.2, 0) is 14.4 Å². The van der Waals surface area contributed by atoms with Crippen molar-refractivity contribution in [2.75, 3.05) is 16.0 Å². The first-order chi connectivity index (χ1) is 13.7. The molecule has 1 aromatic rings. The maximum atomic E-state index is 12.2. The fraction of sp³-hybridized carbons (Fsp3) is 0.550. The number of hydrogen-bond acceptors (Lipinski definition) is 3. The minimum Gasteiger partial charge on any atom is -0.326 e. The van der Waals surface area contributed by atoms with Crippen LogP contribution in [-0.4, -0.2) is 44.8 Å². The van der Waals surface area contributed by atoms with Crippen molar-refractivity contribution in [1.29, 1.82) is 0 Å². The second-order valence-corrected chi connectivity index (χ2v) is 16.8. The van der Waals surface area contributed by atoms with Crippen molar-refractivity contribution >= 4 is 61.9 Å². The molecule has 0 aromatic heterocycles. The molecule has 3 N–H and O–H groups in total. The molecule has 1 rings (SSSR count). The zero-order valence-corrected chi connectivity index (χ0v) is 22.3. The standard InChI is InChI=1S/C20H37N3O3Si3/c1-27-9-6-18(24)21-15-12-16(22-19(25)7-10-28(2)3)14-17(13-15)23-20(26)8-11-29(4)5/h12-14,28-29H,6-11,27H2,1-5H3,(H,21,24)(H,22,25)(H,23,26). The third-order valence-electron chi connectivity index (χ3n) is 4.44. The molecule has 6 nitrogen and oxygen atoms in total. The predicted octanol–water partition coefficient (Wildman–Crippen LogP) is 3.28. The van der Waals surface area contributed by atoms with Crippen LogP contribution in [0.2, 0.25) is 50.9 Å². The van der Waals surface area contributed by atoms with Gasteiger partial charge < -0.3 is 16.0 Å². The molecule has 0 aliphatic heterocycles. The Balaban J connectivity index is 2.91. The third kappa shape index (κ3) is 11.8. The van der Waals surface area contributed by atoms with Crippen LogP contribution in [0.15, 0.2) is 18.2 Å². The van der Waals surface area contributed by atoms with Gasteiger partial charge in [0.05, 0.1) is 0 Å². The molecular formula is C20H37N3O3Si3. The first-order valence-electron chi connectivity index (χ1n) is 10.7. The van der Waals surface area contributed by atoms with Gasteiger partial charge in [-0.1, -0.05) is 50.9 Å². The Morgan fingerprint density at radius 3 is 1.38 bits per heavy atom. The average Bonchev–Trinajstić information content (AvgIpc) is 2.62. The van der Waals surface area contributed by atoms with Crippen molar-refractivity contribution in [3.8, 4) is 0 Å². The molecule has 0 fully saturated rings. The minimum atomic E-state index is -0.790. The lowest BCUT2D eigenvalue weighted by atomic mass is 10.2. The number of nitrogens with one attached hydrogen (secondary N) is 3. The molecule has 0 saturated carbocycles. The van der Waals surface area contributed by atoms with E-state index in [1.165, 1.54) is 0 Å². The van der Waals surface area contributed by atoms with Crippen LogP contribution in [0.5, 0.6) is 0 Å². The summed E-state index contributed by atoms with van der Waals surface area (Å²) in [4.78, 5) is 36.6. The zero-order chi connectivity index (χ0) is 21.8. The van der Waals surface area contributed by atoms with Crippen LogP contribution in [0.3, 0.4) is 0 Å². The highest BCUT2D eigenvalue weighted by Gasteiger charge is 2.11. The Bertz CT molecular complexity index is 653.